The van der Waals surface area contributed by atoms with E-state index in [1.807, 2.05) is 25.7 Å². The van der Waals surface area contributed by atoms with Crippen LogP contribution in [0, 0.1) is 23.1 Å². The zero-order chi connectivity index (χ0) is 23.8. The van der Waals surface area contributed by atoms with Gasteiger partial charge >= 0.3 is 6.09 Å². The number of hydrogen-bond acceptors (Lipinski definition) is 4. The Morgan fingerprint density at radius 3 is 2.58 bits per heavy atom. The maximum absolute atomic E-state index is 14.4. The first-order chi connectivity index (χ1) is 15.6. The quantitative estimate of drug-likeness (QED) is 0.412. The molecular formula is C26H38FNO4S. The molecule has 2 saturated carbocycles. The van der Waals surface area contributed by atoms with Gasteiger partial charge in [-0.05, 0) is 86.5 Å². The molecule has 7 heteroatoms. The molecule has 1 saturated heterocycles. The summed E-state index contributed by atoms with van der Waals surface area (Å²) >= 11 is -1.24. The minimum absolute atomic E-state index is 0.124. The molecule has 3 fully saturated rings. The van der Waals surface area contributed by atoms with Crippen molar-refractivity contribution in [1.82, 2.24) is 4.90 Å². The first-order valence-corrected chi connectivity index (χ1v) is 13.6. The molecule has 184 valence electrons. The number of halogens is 1. The normalized spacial score (nSPS) is 26.7. The molecule has 3 atom stereocenters. The van der Waals surface area contributed by atoms with Crippen LogP contribution >= 0.6 is 0 Å². The number of ether oxygens (including phenoxy) is 2. The van der Waals surface area contributed by atoms with E-state index in [0.717, 1.165) is 51.6 Å². The highest BCUT2D eigenvalue weighted by atomic mass is 32.2. The zero-order valence-electron chi connectivity index (χ0n) is 20.4. The minimum Gasteiger partial charge on any atom is -0.611 e. The van der Waals surface area contributed by atoms with Crippen molar-refractivity contribution in [2.45, 2.75) is 88.4 Å². The average Bonchev–Trinajstić information content (AvgIpc) is 3.70. The molecule has 0 N–H and O–H groups in total. The summed E-state index contributed by atoms with van der Waals surface area (Å²) in [5, 5.41) is 0.124. The molecule has 1 unspecified atom stereocenters. The summed E-state index contributed by atoms with van der Waals surface area (Å²) in [6.07, 6.45) is 6.61. The molecule has 0 spiro atoms. The molecular weight excluding hydrogens is 441 g/mol. The van der Waals surface area contributed by atoms with E-state index in [-0.39, 0.29) is 16.8 Å². The van der Waals surface area contributed by atoms with Crippen molar-refractivity contribution >= 4 is 17.3 Å². The van der Waals surface area contributed by atoms with Gasteiger partial charge in [0.1, 0.15) is 16.6 Å². The van der Waals surface area contributed by atoms with E-state index in [4.69, 9.17) is 9.47 Å². The first-order valence-electron chi connectivity index (χ1n) is 12.4. The minimum atomic E-state index is -1.24. The number of amides is 1. The van der Waals surface area contributed by atoms with Crippen molar-refractivity contribution in [3.63, 3.8) is 0 Å². The van der Waals surface area contributed by atoms with E-state index in [0.29, 0.717) is 29.1 Å². The van der Waals surface area contributed by atoms with Crippen molar-refractivity contribution in [3.05, 3.63) is 24.0 Å². The van der Waals surface area contributed by atoms with Crippen LogP contribution in [0.5, 0.6) is 5.75 Å². The fourth-order valence-electron chi connectivity index (χ4n) is 4.92. The van der Waals surface area contributed by atoms with Gasteiger partial charge in [-0.25, -0.2) is 9.18 Å². The number of nitrogens with zero attached hydrogens (tertiary/aromatic N) is 1. The van der Waals surface area contributed by atoms with Crippen molar-refractivity contribution in [2.24, 2.45) is 17.3 Å². The van der Waals surface area contributed by atoms with E-state index in [1.165, 1.54) is 12.5 Å². The van der Waals surface area contributed by atoms with E-state index in [2.05, 4.69) is 6.92 Å². The summed E-state index contributed by atoms with van der Waals surface area (Å²) in [5.74, 6) is 1.37. The van der Waals surface area contributed by atoms with Crippen LogP contribution in [0.25, 0.3) is 0 Å². The number of rotatable bonds is 9. The molecule has 5 nitrogen and oxygen atoms in total. The molecule has 4 rings (SSSR count). The standard InChI is InChI=1S/C26H38FNO4S/c1-5-25(2,3)32-24(29)28-13-10-18(11-14-28)21-17-26(21,4)12-15-31-19-6-9-23(22(27)16-19)33(30)20-7-8-20/h6,9,16,18,20-21H,5,7-8,10-15,17H2,1-4H3/t21-,26-,33?/m1/s1. The Balaban J connectivity index is 1.19. The maximum atomic E-state index is 14.4. The van der Waals surface area contributed by atoms with E-state index >= 15 is 0 Å². The molecule has 3 aliphatic rings. The van der Waals surface area contributed by atoms with Gasteiger partial charge in [0.25, 0.3) is 0 Å². The summed E-state index contributed by atoms with van der Waals surface area (Å²) in [7, 11) is 0. The second kappa shape index (κ2) is 9.65. The van der Waals surface area contributed by atoms with Gasteiger partial charge in [-0.3, -0.25) is 0 Å². The molecule has 1 aromatic rings. The zero-order valence-corrected chi connectivity index (χ0v) is 21.2. The van der Waals surface area contributed by atoms with Crippen molar-refractivity contribution < 1.29 is 23.2 Å². The third kappa shape index (κ3) is 5.97. The predicted octanol–water partition coefficient (Wildman–Crippen LogP) is 5.93. The van der Waals surface area contributed by atoms with Gasteiger partial charge in [-0.15, -0.1) is 0 Å². The Labute approximate surface area is 200 Å². The summed E-state index contributed by atoms with van der Waals surface area (Å²) in [6.45, 7) is 10.3. The van der Waals surface area contributed by atoms with Gasteiger partial charge in [0.15, 0.2) is 10.7 Å². The molecule has 1 aliphatic heterocycles. The highest BCUT2D eigenvalue weighted by Crippen LogP contribution is 2.60. The lowest BCUT2D eigenvalue weighted by molar-refractivity contribution is 0.00465. The van der Waals surface area contributed by atoms with Crippen LogP contribution in [0.2, 0.25) is 0 Å². The largest absolute Gasteiger partial charge is 0.611 e. The van der Waals surface area contributed by atoms with Crippen LogP contribution in [0.15, 0.2) is 23.1 Å². The van der Waals surface area contributed by atoms with Crippen LogP contribution in [0.1, 0.15) is 72.6 Å². The Morgan fingerprint density at radius 1 is 1.27 bits per heavy atom. The van der Waals surface area contributed by atoms with Crippen LogP contribution in [0.4, 0.5) is 9.18 Å². The number of likely N-dealkylation sites (tertiary alicyclic amines) is 1. The summed E-state index contributed by atoms with van der Waals surface area (Å²) in [5.41, 5.74) is -0.163. The molecule has 0 radical (unpaired) electrons. The molecule has 33 heavy (non-hydrogen) atoms. The first kappa shape index (κ1) is 24.6. The lowest BCUT2D eigenvalue weighted by Gasteiger charge is -2.35. The van der Waals surface area contributed by atoms with Gasteiger partial charge in [0.05, 0.1) is 6.61 Å². The fourth-order valence-corrected chi connectivity index (χ4v) is 6.30. The highest BCUT2D eigenvalue weighted by Gasteiger charge is 2.53. The Kier molecular flexibility index (Phi) is 7.21. The molecule has 1 amide bonds. The third-order valence-electron chi connectivity index (χ3n) is 7.89. The van der Waals surface area contributed by atoms with E-state index in [9.17, 15) is 13.7 Å². The number of piperidine rings is 1. The monoisotopic (exact) mass is 479 g/mol. The highest BCUT2D eigenvalue weighted by molar-refractivity contribution is 7.92. The predicted molar refractivity (Wildman–Crippen MR) is 127 cm³/mol. The smallest absolute Gasteiger partial charge is 0.410 e. The second-order valence-corrected chi connectivity index (χ2v) is 12.7. The molecule has 0 aromatic heterocycles. The number of benzene rings is 1. The van der Waals surface area contributed by atoms with E-state index in [1.54, 1.807) is 12.1 Å². The number of carbonyl (C=O) groups is 1. The fraction of sp³-hybridized carbons (Fsp3) is 0.731. The SMILES string of the molecule is CCC(C)(C)OC(=O)N1CCC([C@H]2C[C@@]2(C)CCOc2ccc([S+]([O-])C3CC3)c(F)c2)CC1. The summed E-state index contributed by atoms with van der Waals surface area (Å²) in [4.78, 5) is 14.6. The van der Waals surface area contributed by atoms with Gasteiger partial charge in [-0.1, -0.05) is 13.8 Å². The molecule has 2 aliphatic carbocycles. The third-order valence-corrected chi connectivity index (χ3v) is 9.73. The Bertz CT molecular complexity index is 853. The van der Waals surface area contributed by atoms with Gasteiger partial charge in [0, 0.05) is 32.0 Å². The summed E-state index contributed by atoms with van der Waals surface area (Å²) in [6, 6.07) is 4.72. The summed E-state index contributed by atoms with van der Waals surface area (Å²) < 4.78 is 38.1. The molecule has 1 aromatic carbocycles. The Morgan fingerprint density at radius 2 is 1.97 bits per heavy atom. The van der Waals surface area contributed by atoms with Crippen molar-refractivity contribution in [1.29, 1.82) is 0 Å². The van der Waals surface area contributed by atoms with Crippen molar-refractivity contribution in [2.75, 3.05) is 19.7 Å². The topological polar surface area (TPSA) is 61.8 Å². The lowest BCUT2D eigenvalue weighted by Crippen LogP contribution is -2.42. The van der Waals surface area contributed by atoms with Crippen LogP contribution in [0.3, 0.4) is 0 Å². The van der Waals surface area contributed by atoms with Gasteiger partial charge in [0.2, 0.25) is 0 Å². The van der Waals surface area contributed by atoms with Gasteiger partial charge in [-0.2, -0.15) is 0 Å². The maximum Gasteiger partial charge on any atom is 0.410 e. The number of carbonyl (C=O) groups excluding carboxylic acids is 1. The number of hydrogen-bond donors (Lipinski definition) is 0. The van der Waals surface area contributed by atoms with Crippen molar-refractivity contribution in [3.8, 4) is 5.75 Å². The lowest BCUT2D eigenvalue weighted by atomic mass is 9.87. The van der Waals surface area contributed by atoms with Crippen LogP contribution in [-0.4, -0.2) is 46.1 Å². The molecule has 1 heterocycles. The van der Waals surface area contributed by atoms with Gasteiger partial charge < -0.3 is 18.9 Å². The van der Waals surface area contributed by atoms with Crippen LogP contribution in [-0.2, 0) is 15.9 Å². The molecule has 0 bridgehead atoms. The van der Waals surface area contributed by atoms with E-state index < -0.39 is 22.6 Å². The van der Waals surface area contributed by atoms with Crippen LogP contribution < -0.4 is 4.74 Å². The Hall–Kier alpha value is -1.47. The average molecular weight is 480 g/mol. The second-order valence-electron chi connectivity index (χ2n) is 11.0.